The van der Waals surface area contributed by atoms with Crippen LogP contribution in [0.2, 0.25) is 0 Å². The lowest BCUT2D eigenvalue weighted by Crippen LogP contribution is -2.12. The van der Waals surface area contributed by atoms with E-state index in [4.69, 9.17) is 0 Å². The molecule has 0 aliphatic carbocycles. The molecule has 7 heteroatoms. The van der Waals surface area contributed by atoms with Crippen LogP contribution in [0, 0.1) is 6.92 Å². The third-order valence-corrected chi connectivity index (χ3v) is 5.05. The first-order chi connectivity index (χ1) is 9.81. The molecule has 2 aromatic rings. The minimum Gasteiger partial charge on any atom is -0.298 e. The predicted molar refractivity (Wildman–Crippen MR) is 83.7 cm³/mol. The fourth-order valence-electron chi connectivity index (χ4n) is 1.83. The van der Waals surface area contributed by atoms with Crippen LogP contribution in [0.15, 0.2) is 29.2 Å². The Labute approximate surface area is 128 Å². The number of nitrogens with one attached hydrogen (secondary N) is 1. The number of rotatable bonds is 4. The second-order valence-electron chi connectivity index (χ2n) is 4.63. The van der Waals surface area contributed by atoms with Crippen molar-refractivity contribution in [3.63, 3.8) is 0 Å². The second-order valence-corrected chi connectivity index (χ2v) is 7.85. The number of aromatic nitrogens is 1. The molecular formula is C14H16N2O3S2. The van der Waals surface area contributed by atoms with E-state index in [0.29, 0.717) is 10.7 Å². The Kier molecular flexibility index (Phi) is 4.43. The number of nitrogens with zero attached hydrogens (tertiary/aromatic N) is 1. The van der Waals surface area contributed by atoms with Gasteiger partial charge in [-0.05, 0) is 37.6 Å². The van der Waals surface area contributed by atoms with Gasteiger partial charge >= 0.3 is 0 Å². The Morgan fingerprint density at radius 3 is 2.38 bits per heavy atom. The average Bonchev–Trinajstić information content (AvgIpc) is 2.78. The maximum atomic E-state index is 12.1. The molecule has 0 saturated carbocycles. The highest BCUT2D eigenvalue weighted by molar-refractivity contribution is 7.90. The van der Waals surface area contributed by atoms with Crippen molar-refractivity contribution in [3.8, 4) is 0 Å². The highest BCUT2D eigenvalue weighted by Gasteiger charge is 2.12. The molecule has 0 spiro atoms. The van der Waals surface area contributed by atoms with Gasteiger partial charge in [-0.1, -0.05) is 6.92 Å². The number of hydrogen-bond donors (Lipinski definition) is 1. The van der Waals surface area contributed by atoms with Crippen molar-refractivity contribution >= 4 is 32.2 Å². The normalized spacial score (nSPS) is 11.4. The maximum Gasteiger partial charge on any atom is 0.257 e. The number of hydrogen-bond acceptors (Lipinski definition) is 5. The summed E-state index contributed by atoms with van der Waals surface area (Å²) in [5, 5.41) is 3.29. The minimum atomic E-state index is -3.25. The highest BCUT2D eigenvalue weighted by atomic mass is 32.2. The van der Waals surface area contributed by atoms with Gasteiger partial charge in [0.05, 0.1) is 10.6 Å². The first kappa shape index (κ1) is 15.7. The van der Waals surface area contributed by atoms with Crippen LogP contribution in [0.25, 0.3) is 0 Å². The van der Waals surface area contributed by atoms with Crippen LogP contribution in [-0.4, -0.2) is 25.6 Å². The van der Waals surface area contributed by atoms with Gasteiger partial charge in [-0.2, -0.15) is 0 Å². The van der Waals surface area contributed by atoms with Gasteiger partial charge < -0.3 is 0 Å². The Morgan fingerprint density at radius 1 is 1.29 bits per heavy atom. The Balaban J connectivity index is 2.16. The van der Waals surface area contributed by atoms with E-state index < -0.39 is 9.84 Å². The number of carbonyl (C=O) groups is 1. The van der Waals surface area contributed by atoms with E-state index in [1.165, 1.54) is 35.6 Å². The zero-order valence-electron chi connectivity index (χ0n) is 12.0. The standard InChI is InChI=1S/C14H16N2O3S2/c1-4-12-9(2)20-14(15-12)16-13(17)10-5-7-11(8-6-10)21(3,18)19/h5-8H,4H2,1-3H3,(H,15,16,17). The van der Waals surface area contributed by atoms with Crippen LogP contribution in [0.3, 0.4) is 0 Å². The lowest BCUT2D eigenvalue weighted by atomic mass is 10.2. The van der Waals surface area contributed by atoms with Crippen LogP contribution in [0.5, 0.6) is 0 Å². The third kappa shape index (κ3) is 3.68. The molecule has 0 aliphatic heterocycles. The molecule has 0 fully saturated rings. The van der Waals surface area contributed by atoms with Crippen molar-refractivity contribution in [2.45, 2.75) is 25.2 Å². The first-order valence-corrected chi connectivity index (χ1v) is 9.10. The number of sulfone groups is 1. The van der Waals surface area contributed by atoms with E-state index in [1.807, 2.05) is 13.8 Å². The van der Waals surface area contributed by atoms with E-state index in [9.17, 15) is 13.2 Å². The van der Waals surface area contributed by atoms with Gasteiger partial charge in [0.15, 0.2) is 15.0 Å². The summed E-state index contributed by atoms with van der Waals surface area (Å²) in [4.78, 5) is 17.7. The number of amides is 1. The molecule has 1 N–H and O–H groups in total. The van der Waals surface area contributed by atoms with Crippen molar-refractivity contribution in [1.29, 1.82) is 0 Å². The van der Waals surface area contributed by atoms with Gasteiger partial charge in [-0.3, -0.25) is 10.1 Å². The molecule has 5 nitrogen and oxygen atoms in total. The highest BCUT2D eigenvalue weighted by Crippen LogP contribution is 2.23. The lowest BCUT2D eigenvalue weighted by Gasteiger charge is -2.03. The van der Waals surface area contributed by atoms with Crippen molar-refractivity contribution in [1.82, 2.24) is 4.98 Å². The molecule has 0 saturated heterocycles. The zero-order valence-corrected chi connectivity index (χ0v) is 13.6. The van der Waals surface area contributed by atoms with Crippen molar-refractivity contribution in [2.75, 3.05) is 11.6 Å². The van der Waals surface area contributed by atoms with Crippen molar-refractivity contribution in [2.24, 2.45) is 0 Å². The van der Waals surface area contributed by atoms with Crippen LogP contribution < -0.4 is 5.32 Å². The average molecular weight is 324 g/mol. The summed E-state index contributed by atoms with van der Waals surface area (Å²) in [6.07, 6.45) is 1.95. The van der Waals surface area contributed by atoms with E-state index in [0.717, 1.165) is 23.2 Å². The second kappa shape index (κ2) is 5.95. The van der Waals surface area contributed by atoms with E-state index >= 15 is 0 Å². The summed E-state index contributed by atoms with van der Waals surface area (Å²) in [6.45, 7) is 3.98. The molecule has 1 amide bonds. The molecule has 0 atom stereocenters. The van der Waals surface area contributed by atoms with Crippen molar-refractivity contribution < 1.29 is 13.2 Å². The van der Waals surface area contributed by atoms with Crippen LogP contribution in [-0.2, 0) is 16.3 Å². The summed E-state index contributed by atoms with van der Waals surface area (Å²) >= 11 is 1.43. The molecule has 1 aromatic heterocycles. The molecule has 21 heavy (non-hydrogen) atoms. The van der Waals surface area contributed by atoms with Gasteiger partial charge in [0.2, 0.25) is 0 Å². The number of anilines is 1. The molecule has 0 radical (unpaired) electrons. The summed E-state index contributed by atoms with van der Waals surface area (Å²) < 4.78 is 22.7. The quantitative estimate of drug-likeness (QED) is 0.938. The summed E-state index contributed by atoms with van der Waals surface area (Å²) in [5.74, 6) is -0.300. The van der Waals surface area contributed by atoms with Gasteiger partial charge in [0.1, 0.15) is 0 Å². The molecule has 112 valence electrons. The summed E-state index contributed by atoms with van der Waals surface area (Å²) in [5.41, 5.74) is 1.37. The number of benzene rings is 1. The fourth-order valence-corrected chi connectivity index (χ4v) is 3.36. The topological polar surface area (TPSA) is 76.1 Å². The zero-order chi connectivity index (χ0) is 15.6. The molecule has 0 bridgehead atoms. The van der Waals surface area contributed by atoms with E-state index in [-0.39, 0.29) is 10.8 Å². The lowest BCUT2D eigenvalue weighted by molar-refractivity contribution is 0.102. The minimum absolute atomic E-state index is 0.192. The smallest absolute Gasteiger partial charge is 0.257 e. The third-order valence-electron chi connectivity index (χ3n) is 2.99. The molecule has 2 rings (SSSR count). The maximum absolute atomic E-state index is 12.1. The van der Waals surface area contributed by atoms with Crippen LogP contribution in [0.1, 0.15) is 27.9 Å². The molecule has 1 heterocycles. The first-order valence-electron chi connectivity index (χ1n) is 6.39. The predicted octanol–water partition coefficient (Wildman–Crippen LogP) is 2.67. The number of aryl methyl sites for hydroxylation is 2. The van der Waals surface area contributed by atoms with Crippen LogP contribution in [0.4, 0.5) is 5.13 Å². The molecule has 0 aliphatic rings. The Hall–Kier alpha value is -1.73. The Bertz CT molecular complexity index is 762. The molecule has 1 aromatic carbocycles. The monoisotopic (exact) mass is 324 g/mol. The van der Waals surface area contributed by atoms with Gasteiger partial charge in [0.25, 0.3) is 5.91 Å². The van der Waals surface area contributed by atoms with Gasteiger partial charge in [-0.25, -0.2) is 13.4 Å². The number of carbonyl (C=O) groups excluding carboxylic acids is 1. The van der Waals surface area contributed by atoms with Gasteiger partial charge in [-0.15, -0.1) is 11.3 Å². The summed E-state index contributed by atoms with van der Waals surface area (Å²) in [7, 11) is -3.25. The van der Waals surface area contributed by atoms with E-state index in [1.54, 1.807) is 0 Å². The largest absolute Gasteiger partial charge is 0.298 e. The molecular weight excluding hydrogens is 308 g/mol. The van der Waals surface area contributed by atoms with Gasteiger partial charge in [0, 0.05) is 16.7 Å². The van der Waals surface area contributed by atoms with E-state index in [2.05, 4.69) is 10.3 Å². The summed E-state index contributed by atoms with van der Waals surface area (Å²) in [6, 6.07) is 5.84. The van der Waals surface area contributed by atoms with Crippen molar-refractivity contribution in [3.05, 3.63) is 40.4 Å². The molecule has 0 unspecified atom stereocenters. The fraction of sp³-hybridized carbons (Fsp3) is 0.286. The Morgan fingerprint density at radius 2 is 1.90 bits per heavy atom. The SMILES string of the molecule is CCc1nc(NC(=O)c2ccc(S(C)(=O)=O)cc2)sc1C. The van der Waals surface area contributed by atoms with Crippen LogP contribution >= 0.6 is 11.3 Å². The number of thiazole rings is 1.